The average molecular weight is 302 g/mol. The Balaban J connectivity index is 0.00000147. The summed E-state index contributed by atoms with van der Waals surface area (Å²) in [6.45, 7) is 5.41. The Morgan fingerprint density at radius 1 is 1.45 bits per heavy atom. The summed E-state index contributed by atoms with van der Waals surface area (Å²) in [6.07, 6.45) is 3.83. The molecule has 0 amide bonds. The first-order valence-electron chi connectivity index (χ1n) is 7.29. The second-order valence-corrected chi connectivity index (χ2v) is 5.65. The van der Waals surface area contributed by atoms with E-state index in [4.69, 9.17) is 9.26 Å². The number of nitrogens with zero attached hydrogens (tertiary/aromatic N) is 1. The van der Waals surface area contributed by atoms with Gasteiger partial charge in [-0.3, -0.25) is 0 Å². The Morgan fingerprint density at radius 2 is 2.35 bits per heavy atom. The van der Waals surface area contributed by atoms with E-state index in [1.165, 1.54) is 19.3 Å². The predicted molar refractivity (Wildman–Crippen MR) is 79.1 cm³/mol. The quantitative estimate of drug-likeness (QED) is 0.885. The molecule has 2 fully saturated rings. The molecule has 0 bridgehead atoms. The zero-order chi connectivity index (χ0) is 13.1. The van der Waals surface area contributed by atoms with Gasteiger partial charge in [-0.25, -0.2) is 0 Å². The van der Waals surface area contributed by atoms with Crippen molar-refractivity contribution in [2.45, 2.75) is 44.8 Å². The molecule has 20 heavy (non-hydrogen) atoms. The molecule has 2 heterocycles. The van der Waals surface area contributed by atoms with E-state index in [2.05, 4.69) is 15.8 Å². The molecule has 0 spiro atoms. The first kappa shape index (κ1) is 15.8. The Hall–Kier alpha value is -0.620. The van der Waals surface area contributed by atoms with Crippen molar-refractivity contribution in [2.75, 3.05) is 19.8 Å². The van der Waals surface area contributed by atoms with Crippen LogP contribution >= 0.6 is 12.4 Å². The molecule has 1 aromatic rings. The van der Waals surface area contributed by atoms with Gasteiger partial charge in [0.1, 0.15) is 0 Å². The van der Waals surface area contributed by atoms with Gasteiger partial charge in [-0.15, -0.1) is 12.4 Å². The summed E-state index contributed by atoms with van der Waals surface area (Å²) in [5, 5.41) is 11.1. The summed E-state index contributed by atoms with van der Waals surface area (Å²) in [7, 11) is 0. The van der Waals surface area contributed by atoms with Crippen molar-refractivity contribution < 1.29 is 9.26 Å². The fourth-order valence-electron chi connectivity index (χ4n) is 3.32. The highest BCUT2D eigenvalue weighted by atomic mass is 35.5. The van der Waals surface area contributed by atoms with Gasteiger partial charge in [-0.1, -0.05) is 11.6 Å². The first-order valence-corrected chi connectivity index (χ1v) is 7.29. The SMILES string of the molecule is Cc1cc(CNC2CCCC2C2COCCN2)on1.Cl. The normalized spacial score (nSPS) is 30.1. The van der Waals surface area contributed by atoms with Crippen molar-refractivity contribution in [1.29, 1.82) is 0 Å². The van der Waals surface area contributed by atoms with Crippen LogP contribution in [0.25, 0.3) is 0 Å². The number of rotatable bonds is 4. The van der Waals surface area contributed by atoms with Crippen molar-refractivity contribution in [2.24, 2.45) is 5.92 Å². The maximum atomic E-state index is 5.59. The van der Waals surface area contributed by atoms with Gasteiger partial charge in [-0.2, -0.15) is 0 Å². The first-order chi connectivity index (χ1) is 9.33. The van der Waals surface area contributed by atoms with Gasteiger partial charge in [0, 0.05) is 24.7 Å². The van der Waals surface area contributed by atoms with E-state index >= 15 is 0 Å². The molecular weight excluding hydrogens is 278 g/mol. The van der Waals surface area contributed by atoms with Gasteiger partial charge in [0.15, 0.2) is 5.76 Å². The lowest BCUT2D eigenvalue weighted by atomic mass is 9.94. The van der Waals surface area contributed by atoms with E-state index in [0.29, 0.717) is 18.0 Å². The van der Waals surface area contributed by atoms with Crippen LogP contribution in [0.15, 0.2) is 10.6 Å². The van der Waals surface area contributed by atoms with Crippen LogP contribution in [0.5, 0.6) is 0 Å². The van der Waals surface area contributed by atoms with Crippen molar-refractivity contribution >= 4 is 12.4 Å². The standard InChI is InChI=1S/C14H23N3O2.ClH/c1-10-7-11(19-17-10)8-16-13-4-2-3-12(13)14-9-18-6-5-15-14;/h7,12-16H,2-6,8-9H2,1H3;1H. The minimum absolute atomic E-state index is 0. The molecule has 1 aromatic heterocycles. The monoisotopic (exact) mass is 301 g/mol. The van der Waals surface area contributed by atoms with Crippen molar-refractivity contribution in [3.8, 4) is 0 Å². The topological polar surface area (TPSA) is 59.3 Å². The second-order valence-electron chi connectivity index (χ2n) is 5.65. The highest BCUT2D eigenvalue weighted by molar-refractivity contribution is 5.85. The molecule has 1 saturated carbocycles. The summed E-state index contributed by atoms with van der Waals surface area (Å²) >= 11 is 0. The molecule has 1 saturated heterocycles. The van der Waals surface area contributed by atoms with Crippen molar-refractivity contribution in [3.05, 3.63) is 17.5 Å². The highest BCUT2D eigenvalue weighted by Crippen LogP contribution is 2.29. The molecule has 5 nitrogen and oxygen atoms in total. The van der Waals surface area contributed by atoms with E-state index in [1.807, 2.05) is 13.0 Å². The molecule has 2 N–H and O–H groups in total. The third-order valence-corrected chi connectivity index (χ3v) is 4.25. The molecule has 2 aliphatic rings. The summed E-state index contributed by atoms with van der Waals surface area (Å²) in [6, 6.07) is 3.06. The fourth-order valence-corrected chi connectivity index (χ4v) is 3.32. The molecule has 0 radical (unpaired) electrons. The van der Waals surface area contributed by atoms with E-state index in [-0.39, 0.29) is 12.4 Å². The molecular formula is C14H24ClN3O2. The van der Waals surface area contributed by atoms with Crippen LogP contribution in [-0.4, -0.2) is 37.0 Å². The number of morpholine rings is 1. The Kier molecular flexibility index (Phi) is 5.84. The van der Waals surface area contributed by atoms with Gasteiger partial charge in [0.25, 0.3) is 0 Å². The molecule has 3 unspecified atom stereocenters. The number of aromatic nitrogens is 1. The van der Waals surface area contributed by atoms with Gasteiger partial charge in [-0.05, 0) is 25.7 Å². The number of hydrogen-bond donors (Lipinski definition) is 2. The highest BCUT2D eigenvalue weighted by Gasteiger charge is 2.34. The lowest BCUT2D eigenvalue weighted by Gasteiger charge is -2.32. The predicted octanol–water partition coefficient (Wildman–Crippen LogP) is 1.65. The summed E-state index contributed by atoms with van der Waals surface area (Å²) in [5.74, 6) is 1.60. The Labute approximate surface area is 126 Å². The van der Waals surface area contributed by atoms with Crippen LogP contribution in [0.2, 0.25) is 0 Å². The van der Waals surface area contributed by atoms with Gasteiger partial charge in [0.2, 0.25) is 0 Å². The smallest absolute Gasteiger partial charge is 0.150 e. The number of nitrogens with one attached hydrogen (secondary N) is 2. The van der Waals surface area contributed by atoms with Gasteiger partial charge in [0.05, 0.1) is 25.5 Å². The number of halogens is 1. The molecule has 3 rings (SSSR count). The maximum absolute atomic E-state index is 5.59. The van der Waals surface area contributed by atoms with E-state index in [9.17, 15) is 0 Å². The molecule has 1 aliphatic heterocycles. The second kappa shape index (κ2) is 7.41. The largest absolute Gasteiger partial charge is 0.379 e. The van der Waals surface area contributed by atoms with Crippen molar-refractivity contribution in [3.63, 3.8) is 0 Å². The molecule has 0 aromatic carbocycles. The van der Waals surface area contributed by atoms with Crippen LogP contribution < -0.4 is 10.6 Å². The number of aryl methyl sites for hydroxylation is 1. The summed E-state index contributed by atoms with van der Waals surface area (Å²) < 4.78 is 10.8. The summed E-state index contributed by atoms with van der Waals surface area (Å²) in [5.41, 5.74) is 0.946. The van der Waals surface area contributed by atoms with Gasteiger partial charge < -0.3 is 19.9 Å². The lowest BCUT2D eigenvalue weighted by Crippen LogP contribution is -2.50. The number of hydrogen-bond acceptors (Lipinski definition) is 5. The van der Waals surface area contributed by atoms with E-state index < -0.39 is 0 Å². The zero-order valence-electron chi connectivity index (χ0n) is 11.9. The third kappa shape index (κ3) is 3.73. The van der Waals surface area contributed by atoms with E-state index in [0.717, 1.165) is 37.8 Å². The number of ether oxygens (including phenoxy) is 1. The van der Waals surface area contributed by atoms with Crippen LogP contribution in [0, 0.1) is 12.8 Å². The Bertz CT molecular complexity index is 407. The molecule has 3 atom stereocenters. The molecule has 6 heteroatoms. The minimum atomic E-state index is 0. The van der Waals surface area contributed by atoms with E-state index in [1.54, 1.807) is 0 Å². The maximum Gasteiger partial charge on any atom is 0.150 e. The molecule has 1 aliphatic carbocycles. The lowest BCUT2D eigenvalue weighted by molar-refractivity contribution is 0.0522. The van der Waals surface area contributed by atoms with Crippen LogP contribution in [0.3, 0.4) is 0 Å². The Morgan fingerprint density at radius 3 is 3.05 bits per heavy atom. The fraction of sp³-hybridized carbons (Fsp3) is 0.786. The van der Waals surface area contributed by atoms with Crippen LogP contribution in [0.1, 0.15) is 30.7 Å². The third-order valence-electron chi connectivity index (χ3n) is 4.25. The minimum Gasteiger partial charge on any atom is -0.379 e. The summed E-state index contributed by atoms with van der Waals surface area (Å²) in [4.78, 5) is 0. The zero-order valence-corrected chi connectivity index (χ0v) is 12.7. The van der Waals surface area contributed by atoms with Crippen LogP contribution in [-0.2, 0) is 11.3 Å². The van der Waals surface area contributed by atoms with Crippen LogP contribution in [0.4, 0.5) is 0 Å². The van der Waals surface area contributed by atoms with Crippen molar-refractivity contribution in [1.82, 2.24) is 15.8 Å². The van der Waals surface area contributed by atoms with Gasteiger partial charge >= 0.3 is 0 Å². The average Bonchev–Trinajstić information content (AvgIpc) is 3.06. The molecule has 114 valence electrons.